The van der Waals surface area contributed by atoms with Gasteiger partial charge >= 0.3 is 0 Å². The van der Waals surface area contributed by atoms with Gasteiger partial charge in [0, 0.05) is 24.2 Å². The molecule has 0 aromatic heterocycles. The van der Waals surface area contributed by atoms with Crippen LogP contribution in [0.3, 0.4) is 0 Å². The topological polar surface area (TPSA) is 69.6 Å². The number of hydrogen-bond donors (Lipinski definition) is 2. The van der Waals surface area contributed by atoms with Crippen molar-refractivity contribution in [3.05, 3.63) is 34.9 Å². The first kappa shape index (κ1) is 14.1. The first-order valence-electron chi connectivity index (χ1n) is 6.39. The molecule has 0 spiro atoms. The minimum atomic E-state index is -0.218. The minimum Gasteiger partial charge on any atom is -0.384 e. The second-order valence-electron chi connectivity index (χ2n) is 4.51. The zero-order valence-corrected chi connectivity index (χ0v) is 11.3. The number of aliphatic hydroxyl groups is 1. The quantitative estimate of drug-likeness (QED) is 0.702. The van der Waals surface area contributed by atoms with Gasteiger partial charge in [0.05, 0.1) is 6.54 Å². The van der Waals surface area contributed by atoms with E-state index in [-0.39, 0.29) is 25.0 Å². The van der Waals surface area contributed by atoms with E-state index in [4.69, 9.17) is 5.11 Å². The van der Waals surface area contributed by atoms with Crippen LogP contribution in [0.25, 0.3) is 0 Å². The average molecular weight is 272 g/mol. The summed E-state index contributed by atoms with van der Waals surface area (Å²) in [5.41, 5.74) is 2.03. The van der Waals surface area contributed by atoms with Gasteiger partial charge < -0.3 is 15.3 Å². The highest BCUT2D eigenvalue weighted by Gasteiger charge is 2.23. The molecule has 2 rings (SSSR count). The van der Waals surface area contributed by atoms with Gasteiger partial charge in [-0.05, 0) is 24.6 Å². The average Bonchev–Trinajstić information content (AvgIpc) is 2.45. The van der Waals surface area contributed by atoms with Crippen molar-refractivity contribution >= 4 is 11.8 Å². The molecule has 104 valence electrons. The number of hydrogen-bond acceptors (Lipinski definition) is 3. The maximum absolute atomic E-state index is 12.4. The highest BCUT2D eigenvalue weighted by atomic mass is 16.2. The Morgan fingerprint density at radius 3 is 3.00 bits per heavy atom. The summed E-state index contributed by atoms with van der Waals surface area (Å²) >= 11 is 0. The monoisotopic (exact) mass is 272 g/mol. The molecular formula is C15H16N2O3. The molecule has 2 N–H and O–H groups in total. The van der Waals surface area contributed by atoms with E-state index in [2.05, 4.69) is 17.2 Å². The van der Waals surface area contributed by atoms with Crippen LogP contribution in [0.1, 0.15) is 21.5 Å². The number of aliphatic hydroxyl groups excluding tert-OH is 1. The third-order valence-corrected chi connectivity index (χ3v) is 3.19. The van der Waals surface area contributed by atoms with Gasteiger partial charge in [-0.15, -0.1) is 0 Å². The van der Waals surface area contributed by atoms with E-state index in [1.807, 2.05) is 6.92 Å². The predicted octanol–water partition coefficient (Wildman–Crippen LogP) is -0.0892. The third kappa shape index (κ3) is 2.98. The number of carbonyl (C=O) groups is 2. The van der Waals surface area contributed by atoms with Gasteiger partial charge in [0.15, 0.2) is 0 Å². The second kappa shape index (κ2) is 6.22. The van der Waals surface area contributed by atoms with Gasteiger partial charge in [-0.1, -0.05) is 17.9 Å². The number of piperazine rings is 1. The summed E-state index contributed by atoms with van der Waals surface area (Å²) < 4.78 is 0. The smallest absolute Gasteiger partial charge is 0.254 e. The second-order valence-corrected chi connectivity index (χ2v) is 4.51. The Bertz CT molecular complexity index is 599. The zero-order valence-electron chi connectivity index (χ0n) is 11.3. The maximum Gasteiger partial charge on any atom is 0.254 e. The van der Waals surface area contributed by atoms with Crippen molar-refractivity contribution in [1.82, 2.24) is 10.2 Å². The van der Waals surface area contributed by atoms with E-state index in [1.54, 1.807) is 18.2 Å². The van der Waals surface area contributed by atoms with Crippen LogP contribution in [-0.2, 0) is 4.79 Å². The molecule has 0 unspecified atom stereocenters. The number of benzene rings is 1. The number of amides is 2. The standard InChI is InChI=1S/C15H16N2O3/c1-11-12(5-3-9-18)4-2-6-13(11)15(20)17-8-7-16-14(19)10-17/h2,4,6,18H,7-10H2,1H3,(H,16,19). The SMILES string of the molecule is Cc1c(C#CCO)cccc1C(=O)N1CCNC(=O)C1. The van der Waals surface area contributed by atoms with Crippen LogP contribution in [0, 0.1) is 18.8 Å². The molecule has 1 heterocycles. The number of nitrogens with one attached hydrogen (secondary N) is 1. The first-order chi connectivity index (χ1) is 9.63. The normalized spacial score (nSPS) is 14.3. The van der Waals surface area contributed by atoms with Crippen molar-refractivity contribution in [3.8, 4) is 11.8 Å². The van der Waals surface area contributed by atoms with E-state index in [0.29, 0.717) is 24.2 Å². The first-order valence-corrected chi connectivity index (χ1v) is 6.39. The van der Waals surface area contributed by atoms with Crippen molar-refractivity contribution in [2.24, 2.45) is 0 Å². The molecule has 0 radical (unpaired) electrons. The van der Waals surface area contributed by atoms with Crippen LogP contribution < -0.4 is 5.32 Å². The lowest BCUT2D eigenvalue weighted by Gasteiger charge is -2.27. The molecule has 1 aliphatic rings. The van der Waals surface area contributed by atoms with Crippen molar-refractivity contribution in [2.45, 2.75) is 6.92 Å². The van der Waals surface area contributed by atoms with Crippen molar-refractivity contribution in [1.29, 1.82) is 0 Å². The number of nitrogens with zero attached hydrogens (tertiary/aromatic N) is 1. The molecule has 0 bridgehead atoms. The van der Waals surface area contributed by atoms with E-state index in [1.165, 1.54) is 4.90 Å². The predicted molar refractivity (Wildman–Crippen MR) is 74.1 cm³/mol. The fraction of sp³-hybridized carbons (Fsp3) is 0.333. The number of carbonyl (C=O) groups excluding carboxylic acids is 2. The molecule has 5 heteroatoms. The molecule has 1 aliphatic heterocycles. The van der Waals surface area contributed by atoms with Crippen molar-refractivity contribution in [2.75, 3.05) is 26.2 Å². The van der Waals surface area contributed by atoms with Gasteiger partial charge in [0.2, 0.25) is 5.91 Å². The molecule has 1 fully saturated rings. The largest absolute Gasteiger partial charge is 0.384 e. The molecule has 0 saturated carbocycles. The summed E-state index contributed by atoms with van der Waals surface area (Å²) in [6.07, 6.45) is 0. The van der Waals surface area contributed by atoms with Crippen molar-refractivity contribution in [3.63, 3.8) is 0 Å². The summed E-state index contributed by atoms with van der Waals surface area (Å²) in [7, 11) is 0. The van der Waals surface area contributed by atoms with Gasteiger partial charge in [-0.3, -0.25) is 9.59 Å². The lowest BCUT2D eigenvalue weighted by molar-refractivity contribution is -0.123. The Labute approximate surface area is 117 Å². The Morgan fingerprint density at radius 1 is 1.50 bits per heavy atom. The third-order valence-electron chi connectivity index (χ3n) is 3.19. The van der Waals surface area contributed by atoms with Gasteiger partial charge in [-0.2, -0.15) is 0 Å². The van der Waals surface area contributed by atoms with Gasteiger partial charge in [-0.25, -0.2) is 0 Å². The van der Waals surface area contributed by atoms with E-state index in [9.17, 15) is 9.59 Å². The molecule has 2 amide bonds. The van der Waals surface area contributed by atoms with Crippen LogP contribution in [0.5, 0.6) is 0 Å². The highest BCUT2D eigenvalue weighted by molar-refractivity contribution is 5.98. The Hall–Kier alpha value is -2.32. The molecular weight excluding hydrogens is 256 g/mol. The number of rotatable bonds is 1. The van der Waals surface area contributed by atoms with Gasteiger partial charge in [0.25, 0.3) is 5.91 Å². The Morgan fingerprint density at radius 2 is 2.30 bits per heavy atom. The Kier molecular flexibility index (Phi) is 4.38. The van der Waals surface area contributed by atoms with E-state index >= 15 is 0 Å². The molecule has 5 nitrogen and oxygen atoms in total. The molecule has 1 aromatic rings. The molecule has 20 heavy (non-hydrogen) atoms. The summed E-state index contributed by atoms with van der Waals surface area (Å²) in [5.74, 6) is 5.09. The van der Waals surface area contributed by atoms with Crippen molar-refractivity contribution < 1.29 is 14.7 Å². The summed E-state index contributed by atoms with van der Waals surface area (Å²) in [4.78, 5) is 25.3. The maximum atomic E-state index is 12.4. The van der Waals surface area contributed by atoms with Crippen LogP contribution in [0.2, 0.25) is 0 Å². The van der Waals surface area contributed by atoms with Crippen LogP contribution in [-0.4, -0.2) is 48.1 Å². The summed E-state index contributed by atoms with van der Waals surface area (Å²) in [6.45, 7) is 2.68. The summed E-state index contributed by atoms with van der Waals surface area (Å²) in [6, 6.07) is 5.29. The van der Waals surface area contributed by atoms with Crippen LogP contribution >= 0.6 is 0 Å². The van der Waals surface area contributed by atoms with E-state index < -0.39 is 0 Å². The fourth-order valence-corrected chi connectivity index (χ4v) is 2.12. The summed E-state index contributed by atoms with van der Waals surface area (Å²) in [5, 5.41) is 11.4. The lowest BCUT2D eigenvalue weighted by Crippen LogP contribution is -2.50. The molecule has 1 saturated heterocycles. The fourth-order valence-electron chi connectivity index (χ4n) is 2.12. The lowest BCUT2D eigenvalue weighted by atomic mass is 10.0. The minimum absolute atomic E-state index is 0.0881. The highest BCUT2D eigenvalue weighted by Crippen LogP contribution is 2.15. The van der Waals surface area contributed by atoms with Gasteiger partial charge in [0.1, 0.15) is 6.61 Å². The Balaban J connectivity index is 2.28. The molecule has 0 atom stereocenters. The molecule has 0 aliphatic carbocycles. The zero-order chi connectivity index (χ0) is 14.5. The van der Waals surface area contributed by atoms with E-state index in [0.717, 1.165) is 5.56 Å². The molecule has 1 aromatic carbocycles. The van der Waals surface area contributed by atoms with Crippen LogP contribution in [0.4, 0.5) is 0 Å². The van der Waals surface area contributed by atoms with Crippen LogP contribution in [0.15, 0.2) is 18.2 Å².